The van der Waals surface area contributed by atoms with Crippen LogP contribution in [0.25, 0.3) is 0 Å². The minimum absolute atomic E-state index is 0. The first-order valence-corrected chi connectivity index (χ1v) is 9.99. The zero-order valence-electron chi connectivity index (χ0n) is 16.8. The maximum atomic E-state index is 13.0. The largest absolute Gasteiger partial charge is 0.381 e. The Labute approximate surface area is 181 Å². The van der Waals surface area contributed by atoms with Gasteiger partial charge in [-0.25, -0.2) is 0 Å². The molecule has 0 aliphatic carbocycles. The number of amides is 1. The number of hydrogen-bond donors (Lipinski definition) is 1. The van der Waals surface area contributed by atoms with E-state index in [0.717, 1.165) is 65.0 Å². The fourth-order valence-electron chi connectivity index (χ4n) is 4.17. The smallest absolute Gasteiger partial charge is 0.226 e. The van der Waals surface area contributed by atoms with Crippen LogP contribution in [0.5, 0.6) is 0 Å². The number of likely N-dealkylation sites (N-methyl/N-ethyl adjacent to an activating group) is 1. The van der Waals surface area contributed by atoms with E-state index in [1.54, 1.807) is 0 Å². The van der Waals surface area contributed by atoms with Crippen molar-refractivity contribution in [3.8, 4) is 0 Å². The molecule has 2 fully saturated rings. The Kier molecular flexibility index (Phi) is 11.4. The van der Waals surface area contributed by atoms with Crippen molar-refractivity contribution in [2.75, 3.05) is 39.9 Å². The van der Waals surface area contributed by atoms with E-state index in [-0.39, 0.29) is 42.7 Å². The van der Waals surface area contributed by atoms with Gasteiger partial charge >= 0.3 is 0 Å². The second kappa shape index (κ2) is 12.7. The lowest BCUT2D eigenvalue weighted by Crippen LogP contribution is -2.47. The van der Waals surface area contributed by atoms with Crippen molar-refractivity contribution in [3.05, 3.63) is 35.9 Å². The summed E-state index contributed by atoms with van der Waals surface area (Å²) in [6.07, 6.45) is 4.84. The second-order valence-electron chi connectivity index (χ2n) is 7.83. The van der Waals surface area contributed by atoms with Crippen molar-refractivity contribution in [1.82, 2.24) is 9.80 Å². The normalized spacial score (nSPS) is 23.8. The molecule has 2 aliphatic rings. The predicted octanol–water partition coefficient (Wildman–Crippen LogP) is 2.75. The van der Waals surface area contributed by atoms with E-state index in [9.17, 15) is 4.79 Å². The molecule has 0 saturated carbocycles. The number of benzene rings is 1. The molecule has 2 N–H and O–H groups in total. The van der Waals surface area contributed by atoms with Crippen molar-refractivity contribution in [2.24, 2.45) is 11.7 Å². The summed E-state index contributed by atoms with van der Waals surface area (Å²) in [6.45, 7) is 4.16. The lowest BCUT2D eigenvalue weighted by Gasteiger charge is -2.36. The Morgan fingerprint density at radius 3 is 2.46 bits per heavy atom. The number of ether oxygens (including phenoxy) is 1. The Bertz CT molecular complexity index is 570. The van der Waals surface area contributed by atoms with Crippen molar-refractivity contribution in [3.63, 3.8) is 0 Å². The molecule has 0 radical (unpaired) electrons. The van der Waals surface area contributed by atoms with Gasteiger partial charge in [0, 0.05) is 52.0 Å². The first-order valence-electron chi connectivity index (χ1n) is 9.99. The van der Waals surface area contributed by atoms with Gasteiger partial charge in [0.05, 0.1) is 5.92 Å². The first-order chi connectivity index (χ1) is 12.6. The molecule has 2 atom stereocenters. The summed E-state index contributed by atoms with van der Waals surface area (Å²) in [6, 6.07) is 11.1. The molecule has 1 aromatic carbocycles. The number of carbonyl (C=O) groups is 1. The maximum Gasteiger partial charge on any atom is 0.226 e. The molecule has 0 spiro atoms. The first kappa shape index (κ1) is 25.2. The van der Waals surface area contributed by atoms with E-state index in [1.165, 1.54) is 5.56 Å². The fraction of sp³-hybridized carbons (Fsp3) is 0.667. The van der Waals surface area contributed by atoms with Gasteiger partial charge in [0.15, 0.2) is 0 Å². The molecule has 5 nitrogen and oxygen atoms in total. The van der Waals surface area contributed by atoms with E-state index in [4.69, 9.17) is 10.5 Å². The second-order valence-corrected chi connectivity index (χ2v) is 7.83. The van der Waals surface area contributed by atoms with Gasteiger partial charge < -0.3 is 15.4 Å². The number of halogens is 2. The van der Waals surface area contributed by atoms with Crippen molar-refractivity contribution in [1.29, 1.82) is 0 Å². The standard InChI is InChI=1S/C21H33N3O2.2ClH/c1-23(12-9-17-5-3-2-4-6-17)21(25)18-7-8-19(22)16-24(15-18)20-10-13-26-14-11-20;;/h2-6,18-20H,7-16,22H2,1H3;2*1H/t18-,19+;;/m1../s1. The summed E-state index contributed by atoms with van der Waals surface area (Å²) in [5.74, 6) is 0.333. The van der Waals surface area contributed by atoms with Gasteiger partial charge in [-0.05, 0) is 37.7 Å². The van der Waals surface area contributed by atoms with Gasteiger partial charge in [-0.15, -0.1) is 24.8 Å². The van der Waals surface area contributed by atoms with E-state index in [2.05, 4.69) is 29.2 Å². The lowest BCUT2D eigenvalue weighted by molar-refractivity contribution is -0.135. The van der Waals surface area contributed by atoms with Crippen LogP contribution in [-0.2, 0) is 16.0 Å². The molecule has 2 heterocycles. The lowest BCUT2D eigenvalue weighted by atomic mass is 9.99. The highest BCUT2D eigenvalue weighted by Gasteiger charge is 2.32. The van der Waals surface area contributed by atoms with Crippen LogP contribution in [0.3, 0.4) is 0 Å². The Hall–Kier alpha value is -0.850. The Morgan fingerprint density at radius 1 is 1.11 bits per heavy atom. The van der Waals surface area contributed by atoms with Gasteiger partial charge in [0.1, 0.15) is 0 Å². The molecule has 28 heavy (non-hydrogen) atoms. The monoisotopic (exact) mass is 431 g/mol. The Morgan fingerprint density at radius 2 is 1.79 bits per heavy atom. The molecular formula is C21H35Cl2N3O2. The van der Waals surface area contributed by atoms with Crippen LogP contribution in [0.2, 0.25) is 0 Å². The molecule has 0 bridgehead atoms. The number of carbonyl (C=O) groups excluding carboxylic acids is 1. The summed E-state index contributed by atoms with van der Waals surface area (Å²) in [5.41, 5.74) is 7.58. The molecule has 1 amide bonds. The van der Waals surface area contributed by atoms with E-state index in [0.29, 0.717) is 6.04 Å². The summed E-state index contributed by atoms with van der Waals surface area (Å²) in [4.78, 5) is 17.4. The highest BCUT2D eigenvalue weighted by molar-refractivity contribution is 5.85. The minimum Gasteiger partial charge on any atom is -0.381 e. The molecule has 2 aliphatic heterocycles. The third-order valence-electron chi connectivity index (χ3n) is 5.82. The summed E-state index contributed by atoms with van der Waals surface area (Å²) < 4.78 is 5.50. The highest BCUT2D eigenvalue weighted by atomic mass is 35.5. The van der Waals surface area contributed by atoms with Crippen LogP contribution in [0.4, 0.5) is 0 Å². The van der Waals surface area contributed by atoms with Crippen LogP contribution in [0.15, 0.2) is 30.3 Å². The van der Waals surface area contributed by atoms with Crippen molar-refractivity contribution < 1.29 is 9.53 Å². The van der Waals surface area contributed by atoms with Gasteiger partial charge in [-0.1, -0.05) is 30.3 Å². The summed E-state index contributed by atoms with van der Waals surface area (Å²) >= 11 is 0. The molecular weight excluding hydrogens is 397 g/mol. The average Bonchev–Trinajstić information content (AvgIpc) is 2.89. The minimum atomic E-state index is 0. The van der Waals surface area contributed by atoms with Crippen LogP contribution in [-0.4, -0.2) is 67.7 Å². The summed E-state index contributed by atoms with van der Waals surface area (Å²) in [7, 11) is 1.94. The number of likely N-dealkylation sites (tertiary alicyclic amines) is 1. The van der Waals surface area contributed by atoms with Crippen molar-refractivity contribution in [2.45, 2.75) is 44.2 Å². The average molecular weight is 432 g/mol. The number of nitrogens with zero attached hydrogens (tertiary/aromatic N) is 2. The maximum absolute atomic E-state index is 13.0. The quantitative estimate of drug-likeness (QED) is 0.778. The van der Waals surface area contributed by atoms with Gasteiger partial charge in [-0.3, -0.25) is 9.69 Å². The van der Waals surface area contributed by atoms with E-state index in [1.807, 2.05) is 18.0 Å². The number of rotatable bonds is 5. The Balaban J connectivity index is 0.00000196. The third-order valence-corrected chi connectivity index (χ3v) is 5.82. The molecule has 0 unspecified atom stereocenters. The predicted molar refractivity (Wildman–Crippen MR) is 118 cm³/mol. The van der Waals surface area contributed by atoms with Crippen LogP contribution >= 0.6 is 24.8 Å². The molecule has 2 saturated heterocycles. The zero-order chi connectivity index (χ0) is 18.4. The zero-order valence-corrected chi connectivity index (χ0v) is 18.4. The van der Waals surface area contributed by atoms with Crippen LogP contribution in [0, 0.1) is 5.92 Å². The van der Waals surface area contributed by atoms with Gasteiger partial charge in [0.25, 0.3) is 0 Å². The van der Waals surface area contributed by atoms with E-state index < -0.39 is 0 Å². The fourth-order valence-corrected chi connectivity index (χ4v) is 4.17. The van der Waals surface area contributed by atoms with Crippen LogP contribution in [0.1, 0.15) is 31.2 Å². The molecule has 1 aromatic rings. The summed E-state index contributed by atoms with van der Waals surface area (Å²) in [5, 5.41) is 0. The molecule has 7 heteroatoms. The van der Waals surface area contributed by atoms with E-state index >= 15 is 0 Å². The van der Waals surface area contributed by atoms with Gasteiger partial charge in [-0.2, -0.15) is 0 Å². The van der Waals surface area contributed by atoms with Crippen molar-refractivity contribution >= 4 is 30.7 Å². The third kappa shape index (κ3) is 7.20. The highest BCUT2D eigenvalue weighted by Crippen LogP contribution is 2.23. The SMILES string of the molecule is CN(CCc1ccccc1)C(=O)[C@@H]1CC[C@H](N)CN(C2CCOCC2)C1.Cl.Cl. The van der Waals surface area contributed by atoms with Crippen LogP contribution < -0.4 is 5.73 Å². The molecule has 160 valence electrons. The molecule has 0 aromatic heterocycles. The topological polar surface area (TPSA) is 58.8 Å². The van der Waals surface area contributed by atoms with Gasteiger partial charge in [0.2, 0.25) is 5.91 Å². The molecule has 3 rings (SSSR count). The number of nitrogens with two attached hydrogens (primary N) is 1. The number of hydrogen-bond acceptors (Lipinski definition) is 4.